The second-order valence-corrected chi connectivity index (χ2v) is 17.8. The summed E-state index contributed by atoms with van der Waals surface area (Å²) in [5.74, 6) is -0.710. The molecule has 1 aromatic heterocycles. The number of nitrogens with one attached hydrogen (secondary N) is 1. The highest BCUT2D eigenvalue weighted by molar-refractivity contribution is 7.89. The van der Waals surface area contributed by atoms with Crippen molar-refractivity contribution >= 4 is 38.6 Å². The van der Waals surface area contributed by atoms with Crippen LogP contribution in [-0.4, -0.2) is 70.9 Å². The first-order valence-corrected chi connectivity index (χ1v) is 19.8. The van der Waals surface area contributed by atoms with Crippen molar-refractivity contribution in [3.05, 3.63) is 94.3 Å². The molecule has 8 nitrogen and oxygen atoms in total. The molecule has 3 saturated heterocycles. The Balaban J connectivity index is 1.08. The van der Waals surface area contributed by atoms with Crippen LogP contribution in [0.4, 0.5) is 8.78 Å². The van der Waals surface area contributed by atoms with Gasteiger partial charge in [-0.1, -0.05) is 35.9 Å². The topological polar surface area (TPSA) is 87.5 Å². The number of carbonyl (C=O) groups is 1. The number of likely N-dealkylation sites (tertiary alicyclic amines) is 1. The van der Waals surface area contributed by atoms with E-state index in [1.54, 1.807) is 37.8 Å². The number of rotatable bonds is 8. The van der Waals surface area contributed by atoms with Crippen molar-refractivity contribution in [1.29, 1.82) is 0 Å². The zero-order valence-corrected chi connectivity index (χ0v) is 31.2. The number of amides is 1. The van der Waals surface area contributed by atoms with Gasteiger partial charge in [0.1, 0.15) is 22.4 Å². The summed E-state index contributed by atoms with van der Waals surface area (Å²) in [5, 5.41) is -0.146. The number of halogens is 3. The van der Waals surface area contributed by atoms with E-state index in [1.165, 1.54) is 11.6 Å². The molecule has 2 bridgehead atoms. The maximum atomic E-state index is 14.9. The van der Waals surface area contributed by atoms with Gasteiger partial charge >= 0.3 is 0 Å². The zero-order valence-electron chi connectivity index (χ0n) is 29.6. The maximum absolute atomic E-state index is 14.9. The molecule has 7 rings (SSSR count). The summed E-state index contributed by atoms with van der Waals surface area (Å²) in [4.78, 5) is 22.4. The van der Waals surface area contributed by atoms with Crippen molar-refractivity contribution in [2.75, 3.05) is 19.6 Å². The second kappa shape index (κ2) is 13.5. The Bertz CT molecular complexity index is 2060. The minimum Gasteiger partial charge on any atom is -0.339 e. The molecule has 0 aliphatic carbocycles. The van der Waals surface area contributed by atoms with Crippen LogP contribution in [-0.2, 0) is 15.4 Å². The van der Waals surface area contributed by atoms with Gasteiger partial charge in [-0.3, -0.25) is 9.69 Å². The zero-order chi connectivity index (χ0) is 36.3. The van der Waals surface area contributed by atoms with Crippen LogP contribution in [0, 0.1) is 18.6 Å². The van der Waals surface area contributed by atoms with Crippen LogP contribution in [0.2, 0.25) is 5.02 Å². The molecule has 0 spiro atoms. The number of aryl methyl sites for hydroxylation is 1. The Kier molecular flexibility index (Phi) is 9.56. The third-order valence-electron chi connectivity index (χ3n) is 11.3. The standard InChI is InChI=1S/C39H46ClF2N5O3S/c1-25-43-34-10-5-6-11-35(34)47(25)30-21-28-12-13-29(22-30)46(28)19-16-39(26-8-7-9-27(41)20-26)14-17-45(18-15-39)37(48)31-23-36(33(42)24-32(31)40)51(49,50)44-38(2,3)4/h5-11,20,23-24,28-30,44H,12-19,21-22H2,1-4H3/t28-,29+,30?. The molecule has 4 aromatic rings. The highest BCUT2D eigenvalue weighted by Gasteiger charge is 2.44. The summed E-state index contributed by atoms with van der Waals surface area (Å²) in [6, 6.07) is 18.4. The van der Waals surface area contributed by atoms with Gasteiger partial charge in [0, 0.05) is 36.8 Å². The fourth-order valence-electron chi connectivity index (χ4n) is 8.96. The van der Waals surface area contributed by atoms with E-state index in [-0.39, 0.29) is 21.8 Å². The average Bonchev–Trinajstić information content (AvgIpc) is 3.52. The Hall–Kier alpha value is -3.38. The van der Waals surface area contributed by atoms with Crippen molar-refractivity contribution in [2.45, 2.75) is 107 Å². The van der Waals surface area contributed by atoms with Crippen LogP contribution in [0.5, 0.6) is 0 Å². The number of hydrogen-bond donors (Lipinski definition) is 1. The number of piperidine rings is 2. The van der Waals surface area contributed by atoms with E-state index in [2.05, 4.69) is 39.3 Å². The lowest BCUT2D eigenvalue weighted by molar-refractivity contribution is 0.0606. The van der Waals surface area contributed by atoms with Crippen LogP contribution in [0.15, 0.2) is 65.6 Å². The van der Waals surface area contributed by atoms with Gasteiger partial charge in [0.15, 0.2) is 0 Å². The number of fused-ring (bicyclic) bond motifs is 3. The fourth-order valence-corrected chi connectivity index (χ4v) is 10.7. The monoisotopic (exact) mass is 737 g/mol. The summed E-state index contributed by atoms with van der Waals surface area (Å²) >= 11 is 6.36. The molecule has 3 atom stereocenters. The Morgan fingerprint density at radius 2 is 1.67 bits per heavy atom. The predicted octanol–water partition coefficient (Wildman–Crippen LogP) is 7.79. The molecule has 272 valence electrons. The average molecular weight is 738 g/mol. The second-order valence-electron chi connectivity index (χ2n) is 15.7. The van der Waals surface area contributed by atoms with Crippen LogP contribution in [0.25, 0.3) is 11.0 Å². The Morgan fingerprint density at radius 1 is 0.980 bits per heavy atom. The van der Waals surface area contributed by atoms with Gasteiger partial charge in [-0.15, -0.1) is 0 Å². The third kappa shape index (κ3) is 7.06. The van der Waals surface area contributed by atoms with E-state index >= 15 is 0 Å². The third-order valence-corrected chi connectivity index (χ3v) is 13.4. The highest BCUT2D eigenvalue weighted by Crippen LogP contribution is 2.45. The lowest BCUT2D eigenvalue weighted by Crippen LogP contribution is -2.49. The summed E-state index contributed by atoms with van der Waals surface area (Å²) < 4.78 is 60.6. The molecule has 3 aliphatic rings. The van der Waals surface area contributed by atoms with Crippen molar-refractivity contribution < 1.29 is 22.0 Å². The van der Waals surface area contributed by atoms with Crippen LogP contribution in [0.1, 0.15) is 93.5 Å². The molecule has 3 aliphatic heterocycles. The molecule has 12 heteroatoms. The number of para-hydroxylation sites is 2. The molecular weight excluding hydrogens is 692 g/mol. The molecule has 1 unspecified atom stereocenters. The van der Waals surface area contributed by atoms with E-state index in [4.69, 9.17) is 16.6 Å². The van der Waals surface area contributed by atoms with E-state index in [9.17, 15) is 22.0 Å². The molecule has 1 amide bonds. The van der Waals surface area contributed by atoms with E-state index < -0.39 is 32.2 Å². The van der Waals surface area contributed by atoms with Gasteiger partial charge in [0.25, 0.3) is 5.91 Å². The normalized spacial score (nSPS) is 22.5. The van der Waals surface area contributed by atoms with E-state index in [1.807, 2.05) is 12.1 Å². The number of sulfonamides is 1. The van der Waals surface area contributed by atoms with Crippen molar-refractivity contribution in [2.24, 2.45) is 0 Å². The van der Waals surface area contributed by atoms with E-state index in [0.717, 1.165) is 67.7 Å². The first-order chi connectivity index (χ1) is 24.1. The SMILES string of the molecule is Cc1nc2ccccc2n1C1C[C@H]2CC[C@@H](C1)N2CCC1(c2cccc(F)c2)CCN(C(=O)c2cc(S(=O)(=O)NC(C)(C)C)c(F)cc2Cl)CC1. The minimum absolute atomic E-state index is 0.0639. The quantitative estimate of drug-likeness (QED) is 0.200. The lowest BCUT2D eigenvalue weighted by atomic mass is 9.70. The maximum Gasteiger partial charge on any atom is 0.255 e. The van der Waals surface area contributed by atoms with Gasteiger partial charge in [0.2, 0.25) is 10.0 Å². The molecule has 0 saturated carbocycles. The van der Waals surface area contributed by atoms with Gasteiger partial charge in [0.05, 0.1) is 21.6 Å². The van der Waals surface area contributed by atoms with Crippen LogP contribution >= 0.6 is 11.6 Å². The Morgan fingerprint density at radius 3 is 2.33 bits per heavy atom. The van der Waals surface area contributed by atoms with E-state index in [0.29, 0.717) is 44.1 Å². The molecule has 0 radical (unpaired) electrons. The van der Waals surface area contributed by atoms with Crippen molar-refractivity contribution in [1.82, 2.24) is 24.1 Å². The summed E-state index contributed by atoms with van der Waals surface area (Å²) in [6.07, 6.45) is 6.46. The molecule has 3 fully saturated rings. The summed E-state index contributed by atoms with van der Waals surface area (Å²) in [5.41, 5.74) is 1.89. The van der Waals surface area contributed by atoms with Crippen molar-refractivity contribution in [3.8, 4) is 0 Å². The number of carbonyl (C=O) groups excluding carboxylic acids is 1. The molecule has 3 aromatic carbocycles. The summed E-state index contributed by atoms with van der Waals surface area (Å²) in [7, 11) is -4.26. The predicted molar refractivity (Wildman–Crippen MR) is 196 cm³/mol. The molecule has 51 heavy (non-hydrogen) atoms. The van der Waals surface area contributed by atoms with Crippen LogP contribution < -0.4 is 4.72 Å². The fraction of sp³-hybridized carbons (Fsp3) is 0.487. The first-order valence-electron chi connectivity index (χ1n) is 17.9. The number of hydrogen-bond acceptors (Lipinski definition) is 5. The van der Waals surface area contributed by atoms with Crippen molar-refractivity contribution in [3.63, 3.8) is 0 Å². The highest BCUT2D eigenvalue weighted by atomic mass is 35.5. The number of nitrogens with zero attached hydrogens (tertiary/aromatic N) is 4. The Labute approximate surface area is 304 Å². The number of aromatic nitrogens is 2. The smallest absolute Gasteiger partial charge is 0.255 e. The molecule has 1 N–H and O–H groups in total. The van der Waals surface area contributed by atoms with Gasteiger partial charge in [-0.05, 0) is 127 Å². The van der Waals surface area contributed by atoms with Crippen LogP contribution in [0.3, 0.4) is 0 Å². The molecular formula is C39H46ClF2N5O3S. The summed E-state index contributed by atoms with van der Waals surface area (Å²) in [6.45, 7) is 8.67. The van der Waals surface area contributed by atoms with Gasteiger partial charge in [-0.25, -0.2) is 26.9 Å². The lowest BCUT2D eigenvalue weighted by Gasteiger charge is -2.45. The molecule has 4 heterocycles. The van der Waals surface area contributed by atoms with Gasteiger partial charge in [-0.2, -0.15) is 0 Å². The van der Waals surface area contributed by atoms with Gasteiger partial charge < -0.3 is 9.47 Å². The first kappa shape index (κ1) is 36.0. The number of benzene rings is 3. The largest absolute Gasteiger partial charge is 0.339 e. The minimum atomic E-state index is -4.26. The number of imidazole rings is 1.